The molecule has 0 aliphatic heterocycles. The quantitative estimate of drug-likeness (QED) is 0.500. The van der Waals surface area contributed by atoms with E-state index in [4.69, 9.17) is 4.74 Å². The first-order valence-corrected chi connectivity index (χ1v) is 11.1. The van der Waals surface area contributed by atoms with E-state index in [9.17, 15) is 9.59 Å². The molecule has 2 N–H and O–H groups in total. The Kier molecular flexibility index (Phi) is 10.5. The first-order chi connectivity index (χ1) is 15.5. The molecule has 0 aliphatic rings. The molecule has 32 heavy (non-hydrogen) atoms. The first kappa shape index (κ1) is 25.1. The molecule has 2 unspecified atom stereocenters. The fraction of sp³-hybridized carbons (Fsp3) is 0.385. The molecule has 0 saturated carbocycles. The van der Waals surface area contributed by atoms with Crippen LogP contribution >= 0.6 is 0 Å². The van der Waals surface area contributed by atoms with Crippen LogP contribution in [0.25, 0.3) is 6.08 Å². The number of nitrogens with one attached hydrogen (secondary N) is 2. The summed E-state index contributed by atoms with van der Waals surface area (Å²) < 4.78 is 5.12. The second-order valence-electron chi connectivity index (χ2n) is 7.65. The summed E-state index contributed by atoms with van der Waals surface area (Å²) in [5.74, 6) is 0.252. The van der Waals surface area contributed by atoms with Gasteiger partial charge in [0.2, 0.25) is 11.8 Å². The zero-order valence-electron chi connectivity index (χ0n) is 19.5. The van der Waals surface area contributed by atoms with Gasteiger partial charge in [0.05, 0.1) is 7.11 Å². The van der Waals surface area contributed by atoms with E-state index in [1.165, 1.54) is 11.6 Å². The van der Waals surface area contributed by atoms with Crippen molar-refractivity contribution in [2.45, 2.75) is 39.3 Å². The smallest absolute Gasteiger partial charge is 0.244 e. The number of hydrogen-bond donors (Lipinski definition) is 2. The van der Waals surface area contributed by atoms with Crippen molar-refractivity contribution in [2.75, 3.05) is 26.7 Å². The van der Waals surface area contributed by atoms with Gasteiger partial charge in [-0.15, -0.1) is 0 Å². The summed E-state index contributed by atoms with van der Waals surface area (Å²) in [6.07, 6.45) is 3.99. The standard InChI is InChI=1S/C26H35N3O3/c1-5-29(6-2)23(18-22-10-8-7-9-11-22)19-27-26(31)20(3)28-25(30)17-14-21-12-15-24(32-4)16-13-21/h7-17,20,23H,5-6,18-19H2,1-4H3,(H,27,31)(H,28,30)/b17-14+. The monoisotopic (exact) mass is 437 g/mol. The van der Waals surface area contributed by atoms with Crippen LogP contribution in [-0.2, 0) is 16.0 Å². The highest BCUT2D eigenvalue weighted by Gasteiger charge is 2.20. The Bertz CT molecular complexity index is 862. The molecule has 2 rings (SSSR count). The van der Waals surface area contributed by atoms with Crippen molar-refractivity contribution in [1.82, 2.24) is 15.5 Å². The SMILES string of the molecule is CCN(CC)C(CNC(=O)C(C)NC(=O)/C=C/c1ccc(OC)cc1)Cc1ccccc1. The topological polar surface area (TPSA) is 70.7 Å². The van der Waals surface area contributed by atoms with Crippen LogP contribution in [0.5, 0.6) is 5.75 Å². The van der Waals surface area contributed by atoms with Crippen molar-refractivity contribution in [1.29, 1.82) is 0 Å². The van der Waals surface area contributed by atoms with E-state index in [-0.39, 0.29) is 17.9 Å². The molecule has 0 bridgehead atoms. The zero-order valence-corrected chi connectivity index (χ0v) is 19.5. The van der Waals surface area contributed by atoms with Gasteiger partial charge in [-0.05, 0) is 55.8 Å². The molecule has 2 amide bonds. The van der Waals surface area contributed by atoms with Gasteiger partial charge in [-0.2, -0.15) is 0 Å². The maximum atomic E-state index is 12.6. The Hall–Kier alpha value is -3.12. The number of benzene rings is 2. The molecule has 2 aromatic rings. The number of rotatable bonds is 12. The molecule has 0 heterocycles. The molecule has 0 spiro atoms. The van der Waals surface area contributed by atoms with Gasteiger partial charge in [0.15, 0.2) is 0 Å². The second-order valence-corrected chi connectivity index (χ2v) is 7.65. The molecule has 0 aromatic heterocycles. The van der Waals surface area contributed by atoms with Crippen molar-refractivity contribution in [2.24, 2.45) is 0 Å². The van der Waals surface area contributed by atoms with Crippen LogP contribution in [0.2, 0.25) is 0 Å². The van der Waals surface area contributed by atoms with E-state index in [0.717, 1.165) is 30.8 Å². The molecule has 0 saturated heterocycles. The Morgan fingerprint density at radius 3 is 2.28 bits per heavy atom. The normalized spacial score (nSPS) is 13.0. The molecule has 2 aromatic carbocycles. The number of likely N-dealkylation sites (N-methyl/N-ethyl adjacent to an activating group) is 1. The van der Waals surface area contributed by atoms with Crippen LogP contribution in [0.15, 0.2) is 60.7 Å². The third-order valence-electron chi connectivity index (χ3n) is 5.45. The predicted molar refractivity (Wildman–Crippen MR) is 129 cm³/mol. The van der Waals surface area contributed by atoms with Crippen LogP contribution in [0.4, 0.5) is 0 Å². The molecular formula is C26H35N3O3. The molecular weight excluding hydrogens is 402 g/mol. The Morgan fingerprint density at radius 1 is 1.03 bits per heavy atom. The predicted octanol–water partition coefficient (Wildman–Crippen LogP) is 3.28. The third-order valence-corrected chi connectivity index (χ3v) is 5.45. The van der Waals surface area contributed by atoms with E-state index in [2.05, 4.69) is 41.5 Å². The fourth-order valence-corrected chi connectivity index (χ4v) is 3.54. The van der Waals surface area contributed by atoms with Gasteiger partial charge in [-0.1, -0.05) is 56.3 Å². The number of carbonyl (C=O) groups excluding carboxylic acids is 2. The summed E-state index contributed by atoms with van der Waals surface area (Å²) >= 11 is 0. The van der Waals surface area contributed by atoms with Crippen LogP contribution in [0.1, 0.15) is 31.9 Å². The lowest BCUT2D eigenvalue weighted by Gasteiger charge is -2.30. The van der Waals surface area contributed by atoms with E-state index < -0.39 is 6.04 Å². The lowest BCUT2D eigenvalue weighted by Crippen LogP contribution is -2.50. The summed E-state index contributed by atoms with van der Waals surface area (Å²) in [6.45, 7) is 8.29. The van der Waals surface area contributed by atoms with Gasteiger partial charge in [-0.25, -0.2) is 0 Å². The van der Waals surface area contributed by atoms with Crippen LogP contribution in [0.3, 0.4) is 0 Å². The van der Waals surface area contributed by atoms with Crippen molar-refractivity contribution in [3.05, 3.63) is 71.8 Å². The molecule has 0 fully saturated rings. The number of carbonyl (C=O) groups is 2. The van der Waals surface area contributed by atoms with Gasteiger partial charge in [0, 0.05) is 18.7 Å². The van der Waals surface area contributed by atoms with Gasteiger partial charge < -0.3 is 15.4 Å². The van der Waals surface area contributed by atoms with E-state index in [1.54, 1.807) is 20.1 Å². The van der Waals surface area contributed by atoms with Crippen molar-refractivity contribution < 1.29 is 14.3 Å². The Balaban J connectivity index is 1.88. The van der Waals surface area contributed by atoms with Crippen molar-refractivity contribution in [3.8, 4) is 5.75 Å². The Morgan fingerprint density at radius 2 is 1.69 bits per heavy atom. The lowest BCUT2D eigenvalue weighted by atomic mass is 10.0. The molecule has 0 aliphatic carbocycles. The molecule has 6 nitrogen and oxygen atoms in total. The van der Waals surface area contributed by atoms with Crippen LogP contribution in [-0.4, -0.2) is 55.5 Å². The van der Waals surface area contributed by atoms with Crippen LogP contribution < -0.4 is 15.4 Å². The average Bonchev–Trinajstić information content (AvgIpc) is 2.82. The number of amides is 2. The average molecular weight is 438 g/mol. The summed E-state index contributed by atoms with van der Waals surface area (Å²) in [6, 6.07) is 17.2. The Labute approximate surface area is 191 Å². The van der Waals surface area contributed by atoms with E-state index >= 15 is 0 Å². The third kappa shape index (κ3) is 8.19. The summed E-state index contributed by atoms with van der Waals surface area (Å²) in [4.78, 5) is 27.2. The molecule has 172 valence electrons. The van der Waals surface area contributed by atoms with Crippen molar-refractivity contribution in [3.63, 3.8) is 0 Å². The maximum absolute atomic E-state index is 12.6. The number of methoxy groups -OCH3 is 1. The zero-order chi connectivity index (χ0) is 23.3. The molecule has 6 heteroatoms. The maximum Gasteiger partial charge on any atom is 0.244 e. The number of ether oxygens (including phenoxy) is 1. The minimum atomic E-state index is -0.628. The summed E-state index contributed by atoms with van der Waals surface area (Å²) in [5, 5.41) is 5.74. The van der Waals surface area contributed by atoms with E-state index in [0.29, 0.717) is 6.54 Å². The lowest BCUT2D eigenvalue weighted by molar-refractivity contribution is -0.126. The van der Waals surface area contributed by atoms with Gasteiger partial charge in [-0.3, -0.25) is 14.5 Å². The van der Waals surface area contributed by atoms with Crippen molar-refractivity contribution >= 4 is 17.9 Å². The number of nitrogens with zero attached hydrogens (tertiary/aromatic N) is 1. The summed E-state index contributed by atoms with van der Waals surface area (Å²) in [5.41, 5.74) is 2.12. The highest BCUT2D eigenvalue weighted by Crippen LogP contribution is 2.12. The highest BCUT2D eigenvalue weighted by molar-refractivity contribution is 5.95. The molecule has 0 radical (unpaired) electrons. The minimum absolute atomic E-state index is 0.189. The summed E-state index contributed by atoms with van der Waals surface area (Å²) in [7, 11) is 1.61. The largest absolute Gasteiger partial charge is 0.497 e. The van der Waals surface area contributed by atoms with Gasteiger partial charge in [0.25, 0.3) is 0 Å². The fourth-order valence-electron chi connectivity index (χ4n) is 3.54. The minimum Gasteiger partial charge on any atom is -0.497 e. The number of hydrogen-bond acceptors (Lipinski definition) is 4. The first-order valence-electron chi connectivity index (χ1n) is 11.1. The second kappa shape index (κ2) is 13.3. The van der Waals surface area contributed by atoms with Crippen LogP contribution in [0, 0.1) is 0 Å². The highest BCUT2D eigenvalue weighted by atomic mass is 16.5. The van der Waals surface area contributed by atoms with Gasteiger partial charge in [0.1, 0.15) is 11.8 Å². The molecule has 2 atom stereocenters. The van der Waals surface area contributed by atoms with E-state index in [1.807, 2.05) is 42.5 Å². The van der Waals surface area contributed by atoms with Gasteiger partial charge >= 0.3 is 0 Å².